The average molecular weight is 226 g/mol. The monoisotopic (exact) mass is 226 g/mol. The molecule has 2 heterocycles. The van der Waals surface area contributed by atoms with E-state index >= 15 is 0 Å². The second-order valence-electron chi connectivity index (χ2n) is 5.00. The molecule has 0 spiro atoms. The molecule has 1 unspecified atom stereocenters. The summed E-state index contributed by atoms with van der Waals surface area (Å²) in [6.07, 6.45) is 8.08. The third-order valence-electron chi connectivity index (χ3n) is 3.03. The van der Waals surface area contributed by atoms with Gasteiger partial charge in [-0.15, -0.1) is 0 Å². The van der Waals surface area contributed by atoms with E-state index in [1.54, 1.807) is 0 Å². The van der Waals surface area contributed by atoms with Gasteiger partial charge in [0.25, 0.3) is 0 Å². The smallest absolute Gasteiger partial charge is 0.163 e. The number of ether oxygens (including phenoxy) is 3. The van der Waals surface area contributed by atoms with E-state index in [0.717, 1.165) is 32.5 Å². The fourth-order valence-electron chi connectivity index (χ4n) is 2.17. The van der Waals surface area contributed by atoms with Crippen molar-refractivity contribution >= 4 is 0 Å². The fourth-order valence-corrected chi connectivity index (χ4v) is 2.17. The first-order chi connectivity index (χ1) is 7.66. The Kier molecular flexibility index (Phi) is 3.87. The Hall–Kier alpha value is -0.540. The van der Waals surface area contributed by atoms with Gasteiger partial charge in [0.15, 0.2) is 5.79 Å². The van der Waals surface area contributed by atoms with Crippen molar-refractivity contribution in [2.24, 2.45) is 0 Å². The number of hydrogen-bond acceptors (Lipinski definition) is 3. The molecule has 2 aliphatic rings. The second kappa shape index (κ2) is 5.19. The molecule has 0 saturated carbocycles. The molecule has 0 bridgehead atoms. The van der Waals surface area contributed by atoms with Crippen molar-refractivity contribution in [3.8, 4) is 0 Å². The van der Waals surface area contributed by atoms with Crippen LogP contribution >= 0.6 is 0 Å². The highest BCUT2D eigenvalue weighted by molar-refractivity contribution is 4.95. The van der Waals surface area contributed by atoms with Gasteiger partial charge >= 0.3 is 0 Å². The lowest BCUT2D eigenvalue weighted by Gasteiger charge is -2.17. The molecule has 3 heteroatoms. The summed E-state index contributed by atoms with van der Waals surface area (Å²) in [6, 6.07) is 0. The third kappa shape index (κ3) is 3.49. The van der Waals surface area contributed by atoms with Crippen LogP contribution in [0.25, 0.3) is 0 Å². The normalized spacial score (nSPS) is 31.6. The van der Waals surface area contributed by atoms with Crippen LogP contribution in [0.5, 0.6) is 0 Å². The molecule has 2 rings (SSSR count). The minimum absolute atomic E-state index is 0.246. The zero-order valence-corrected chi connectivity index (χ0v) is 10.3. The summed E-state index contributed by atoms with van der Waals surface area (Å²) < 4.78 is 16.8. The van der Waals surface area contributed by atoms with Gasteiger partial charge < -0.3 is 14.2 Å². The lowest BCUT2D eigenvalue weighted by molar-refractivity contribution is -0.138. The molecule has 0 aromatic heterocycles. The summed E-state index contributed by atoms with van der Waals surface area (Å²) >= 11 is 0. The topological polar surface area (TPSA) is 27.7 Å². The first-order valence-electron chi connectivity index (χ1n) is 6.29. The van der Waals surface area contributed by atoms with E-state index in [4.69, 9.17) is 14.2 Å². The van der Waals surface area contributed by atoms with Gasteiger partial charge in [-0.2, -0.15) is 0 Å². The van der Waals surface area contributed by atoms with Crippen LogP contribution in [0.2, 0.25) is 0 Å². The van der Waals surface area contributed by atoms with Gasteiger partial charge in [-0.1, -0.05) is 0 Å². The Bertz CT molecular complexity index is 250. The Labute approximate surface area is 97.8 Å². The van der Waals surface area contributed by atoms with Crippen LogP contribution in [0.4, 0.5) is 0 Å². The van der Waals surface area contributed by atoms with Crippen molar-refractivity contribution in [2.45, 2.75) is 57.8 Å². The van der Waals surface area contributed by atoms with Crippen LogP contribution in [0.1, 0.15) is 46.0 Å². The van der Waals surface area contributed by atoms with Crippen molar-refractivity contribution in [1.82, 2.24) is 0 Å². The molecule has 92 valence electrons. The van der Waals surface area contributed by atoms with E-state index in [1.165, 1.54) is 18.6 Å². The van der Waals surface area contributed by atoms with Gasteiger partial charge in [0, 0.05) is 6.42 Å². The quantitative estimate of drug-likeness (QED) is 0.740. The molecule has 0 aromatic carbocycles. The molecule has 2 fully saturated rings. The van der Waals surface area contributed by atoms with Crippen molar-refractivity contribution in [1.29, 1.82) is 0 Å². The van der Waals surface area contributed by atoms with Crippen LogP contribution in [0, 0.1) is 0 Å². The van der Waals surface area contributed by atoms with Gasteiger partial charge in [0.2, 0.25) is 0 Å². The first-order valence-corrected chi connectivity index (χ1v) is 6.29. The number of hydrogen-bond donors (Lipinski definition) is 0. The van der Waals surface area contributed by atoms with E-state index < -0.39 is 0 Å². The number of rotatable bonds is 3. The maximum absolute atomic E-state index is 5.75. The molecule has 2 saturated heterocycles. The van der Waals surface area contributed by atoms with Crippen molar-refractivity contribution in [3.05, 3.63) is 11.8 Å². The van der Waals surface area contributed by atoms with Crippen LogP contribution in [-0.4, -0.2) is 25.1 Å². The molecule has 0 aliphatic carbocycles. The predicted molar refractivity (Wildman–Crippen MR) is 62.0 cm³/mol. The molecule has 0 radical (unpaired) electrons. The van der Waals surface area contributed by atoms with Crippen LogP contribution in [0.15, 0.2) is 11.8 Å². The summed E-state index contributed by atoms with van der Waals surface area (Å²) in [7, 11) is 0. The third-order valence-corrected chi connectivity index (χ3v) is 3.03. The highest BCUT2D eigenvalue weighted by Gasteiger charge is 2.31. The Morgan fingerprint density at radius 2 is 2.25 bits per heavy atom. The first kappa shape index (κ1) is 11.9. The average Bonchev–Trinajstić information content (AvgIpc) is 2.60. The Morgan fingerprint density at radius 1 is 1.38 bits per heavy atom. The molecule has 0 aromatic rings. The van der Waals surface area contributed by atoms with E-state index in [-0.39, 0.29) is 11.9 Å². The number of allylic oxidation sites excluding steroid dienone is 2. The highest BCUT2D eigenvalue weighted by Crippen LogP contribution is 2.25. The molecule has 1 atom stereocenters. The fraction of sp³-hybridized carbons (Fsp3) is 0.846. The summed E-state index contributed by atoms with van der Waals surface area (Å²) in [5.74, 6) is 0.781. The zero-order valence-electron chi connectivity index (χ0n) is 10.3. The highest BCUT2D eigenvalue weighted by atomic mass is 16.7. The van der Waals surface area contributed by atoms with E-state index in [9.17, 15) is 0 Å². The van der Waals surface area contributed by atoms with Gasteiger partial charge in [-0.05, 0) is 45.6 Å². The van der Waals surface area contributed by atoms with Gasteiger partial charge in [-0.25, -0.2) is 0 Å². The minimum Gasteiger partial charge on any atom is -0.498 e. The molecule has 2 aliphatic heterocycles. The van der Waals surface area contributed by atoms with Gasteiger partial charge in [0.05, 0.1) is 25.1 Å². The van der Waals surface area contributed by atoms with Gasteiger partial charge in [-0.3, -0.25) is 0 Å². The van der Waals surface area contributed by atoms with Crippen molar-refractivity contribution in [2.75, 3.05) is 13.2 Å². The lowest BCUT2D eigenvalue weighted by atomic mass is 10.1. The molecule has 16 heavy (non-hydrogen) atoms. The largest absolute Gasteiger partial charge is 0.498 e. The zero-order chi connectivity index (χ0) is 11.4. The minimum atomic E-state index is -0.390. The van der Waals surface area contributed by atoms with Crippen molar-refractivity contribution < 1.29 is 14.2 Å². The summed E-state index contributed by atoms with van der Waals surface area (Å²) in [4.78, 5) is 0. The van der Waals surface area contributed by atoms with Gasteiger partial charge in [0.1, 0.15) is 0 Å². The van der Waals surface area contributed by atoms with Crippen LogP contribution < -0.4 is 0 Å². The summed E-state index contributed by atoms with van der Waals surface area (Å²) in [5.41, 5.74) is 0. The Balaban J connectivity index is 1.68. The van der Waals surface area contributed by atoms with E-state index in [0.29, 0.717) is 0 Å². The van der Waals surface area contributed by atoms with E-state index in [1.807, 2.05) is 13.8 Å². The molecule has 0 amide bonds. The Morgan fingerprint density at radius 3 is 2.88 bits per heavy atom. The standard InChI is InChI=1S/C13H22O3/c1-13(2)15-10-12(16-13)8-5-7-11-6-3-4-9-14-11/h7,12H,3-6,8-10H2,1-2H3. The maximum atomic E-state index is 5.75. The predicted octanol–water partition coefficient (Wildman–Crippen LogP) is 3.00. The lowest BCUT2D eigenvalue weighted by Crippen LogP contribution is -2.21. The van der Waals surface area contributed by atoms with E-state index in [2.05, 4.69) is 6.08 Å². The van der Waals surface area contributed by atoms with Crippen LogP contribution in [0.3, 0.4) is 0 Å². The molecule has 0 N–H and O–H groups in total. The SMILES string of the molecule is CC1(C)OCC(CCC=C2CCCCO2)O1. The summed E-state index contributed by atoms with van der Waals surface area (Å²) in [5, 5.41) is 0. The summed E-state index contributed by atoms with van der Waals surface area (Å²) in [6.45, 7) is 5.55. The molecular formula is C13H22O3. The molecule has 3 nitrogen and oxygen atoms in total. The van der Waals surface area contributed by atoms with Crippen LogP contribution in [-0.2, 0) is 14.2 Å². The molecular weight excluding hydrogens is 204 g/mol. The second-order valence-corrected chi connectivity index (χ2v) is 5.00. The maximum Gasteiger partial charge on any atom is 0.163 e. The van der Waals surface area contributed by atoms with Crippen molar-refractivity contribution in [3.63, 3.8) is 0 Å².